The second-order valence-corrected chi connectivity index (χ2v) is 6.71. The van der Waals surface area contributed by atoms with Crippen molar-refractivity contribution in [3.63, 3.8) is 0 Å². The summed E-state index contributed by atoms with van der Waals surface area (Å²) >= 11 is 0. The first-order valence-electron chi connectivity index (χ1n) is 7.75. The summed E-state index contributed by atoms with van der Waals surface area (Å²) in [5, 5.41) is 0. The van der Waals surface area contributed by atoms with Crippen LogP contribution in [0.15, 0.2) is 0 Å². The van der Waals surface area contributed by atoms with Crippen molar-refractivity contribution < 1.29 is 23.9 Å². The molecule has 0 bridgehead atoms. The molecule has 8 heteroatoms. The summed E-state index contributed by atoms with van der Waals surface area (Å²) in [5.74, 6) is -0.764. The zero-order valence-corrected chi connectivity index (χ0v) is 14.5. The fourth-order valence-electron chi connectivity index (χ4n) is 2.26. The van der Waals surface area contributed by atoms with Crippen LogP contribution < -0.4 is 10.9 Å². The van der Waals surface area contributed by atoms with Gasteiger partial charge in [-0.25, -0.2) is 4.79 Å². The third-order valence-electron chi connectivity index (χ3n) is 3.28. The summed E-state index contributed by atoms with van der Waals surface area (Å²) in [6.07, 6.45) is 0.836. The molecule has 2 N–H and O–H groups in total. The van der Waals surface area contributed by atoms with E-state index in [4.69, 9.17) is 9.47 Å². The summed E-state index contributed by atoms with van der Waals surface area (Å²) < 4.78 is 10.9. The zero-order valence-electron chi connectivity index (χ0n) is 14.5. The van der Waals surface area contributed by atoms with Gasteiger partial charge in [0.15, 0.2) is 0 Å². The maximum atomic E-state index is 12.1. The second-order valence-electron chi connectivity index (χ2n) is 6.71. The van der Waals surface area contributed by atoms with Gasteiger partial charge in [-0.15, -0.1) is 0 Å². The van der Waals surface area contributed by atoms with Gasteiger partial charge in [-0.1, -0.05) is 0 Å². The van der Waals surface area contributed by atoms with Crippen molar-refractivity contribution in [2.45, 2.75) is 65.2 Å². The van der Waals surface area contributed by atoms with Gasteiger partial charge < -0.3 is 14.4 Å². The van der Waals surface area contributed by atoms with Crippen LogP contribution in [0.2, 0.25) is 0 Å². The fraction of sp³-hybridized carbons (Fsp3) is 0.800. The monoisotopic (exact) mass is 329 g/mol. The van der Waals surface area contributed by atoms with Crippen molar-refractivity contribution in [2.24, 2.45) is 0 Å². The molecule has 0 radical (unpaired) electrons. The highest BCUT2D eigenvalue weighted by Crippen LogP contribution is 2.22. The summed E-state index contributed by atoms with van der Waals surface area (Å²) in [6, 6.07) is -0.0259. The van der Waals surface area contributed by atoms with Crippen molar-refractivity contribution in [1.29, 1.82) is 0 Å². The number of piperidine rings is 1. The van der Waals surface area contributed by atoms with E-state index in [2.05, 4.69) is 10.9 Å². The molecule has 0 aromatic carbocycles. The molecule has 1 saturated heterocycles. The fourth-order valence-corrected chi connectivity index (χ4v) is 2.26. The number of nitrogens with zero attached hydrogens (tertiary/aromatic N) is 1. The number of hydrazine groups is 1. The van der Waals surface area contributed by atoms with Gasteiger partial charge in [-0.05, 0) is 40.5 Å². The summed E-state index contributed by atoms with van der Waals surface area (Å²) in [5.41, 5.74) is 3.91. The Labute approximate surface area is 136 Å². The van der Waals surface area contributed by atoms with Crippen molar-refractivity contribution in [1.82, 2.24) is 15.8 Å². The summed E-state index contributed by atoms with van der Waals surface area (Å²) in [6.45, 7) is 9.11. The van der Waals surface area contributed by atoms with Gasteiger partial charge in [-0.3, -0.25) is 20.4 Å². The van der Waals surface area contributed by atoms with Crippen LogP contribution in [0.4, 0.5) is 4.79 Å². The van der Waals surface area contributed by atoms with Crippen molar-refractivity contribution in [2.75, 3.05) is 13.2 Å². The van der Waals surface area contributed by atoms with Crippen molar-refractivity contribution in [3.05, 3.63) is 0 Å². The van der Waals surface area contributed by atoms with Gasteiger partial charge in [0.05, 0.1) is 6.10 Å². The quantitative estimate of drug-likeness (QED) is 0.752. The number of hydrogen-bond donors (Lipinski definition) is 2. The molecule has 8 nitrogen and oxygen atoms in total. The average Bonchev–Trinajstić information content (AvgIpc) is 2.40. The Morgan fingerprint density at radius 3 is 2.39 bits per heavy atom. The number of likely N-dealkylation sites (tertiary alicyclic amines) is 1. The van der Waals surface area contributed by atoms with Crippen molar-refractivity contribution >= 4 is 17.9 Å². The van der Waals surface area contributed by atoms with Crippen LogP contribution in [0.3, 0.4) is 0 Å². The molecule has 0 aliphatic carbocycles. The Morgan fingerprint density at radius 1 is 1.22 bits per heavy atom. The number of hydrogen-bond acceptors (Lipinski definition) is 5. The van der Waals surface area contributed by atoms with Gasteiger partial charge in [0, 0.05) is 19.5 Å². The lowest BCUT2D eigenvalue weighted by molar-refractivity contribution is -0.133. The number of carbonyl (C=O) groups excluding carboxylic acids is 3. The van der Waals surface area contributed by atoms with Crippen LogP contribution in [0, 0.1) is 0 Å². The van der Waals surface area contributed by atoms with E-state index in [0.717, 1.165) is 0 Å². The molecular weight excluding hydrogens is 302 g/mol. The molecule has 1 aliphatic rings. The molecule has 2 atom stereocenters. The number of carbonyl (C=O) groups is 3. The molecule has 0 aromatic heterocycles. The molecule has 1 aliphatic heterocycles. The number of nitrogens with one attached hydrogen (secondary N) is 2. The lowest BCUT2D eigenvalue weighted by atomic mass is 10.0. The third kappa shape index (κ3) is 7.32. The molecule has 3 amide bonds. The van der Waals surface area contributed by atoms with Crippen molar-refractivity contribution in [3.8, 4) is 0 Å². The van der Waals surface area contributed by atoms with Crippen LogP contribution in [-0.4, -0.2) is 53.7 Å². The Morgan fingerprint density at radius 2 is 1.87 bits per heavy atom. The molecule has 1 heterocycles. The lowest BCUT2D eigenvalue weighted by Gasteiger charge is -2.38. The van der Waals surface area contributed by atoms with Crippen LogP contribution in [-0.2, 0) is 19.1 Å². The van der Waals surface area contributed by atoms with E-state index in [1.165, 1.54) is 6.92 Å². The maximum Gasteiger partial charge on any atom is 0.410 e. The van der Waals surface area contributed by atoms with Gasteiger partial charge in [0.25, 0.3) is 5.91 Å². The Hall–Kier alpha value is -1.83. The van der Waals surface area contributed by atoms with Crippen LogP contribution >= 0.6 is 0 Å². The average molecular weight is 329 g/mol. The molecule has 23 heavy (non-hydrogen) atoms. The topological polar surface area (TPSA) is 97.0 Å². The first kappa shape index (κ1) is 19.2. The predicted octanol–water partition coefficient (Wildman–Crippen LogP) is 0.958. The third-order valence-corrected chi connectivity index (χ3v) is 3.28. The molecule has 1 rings (SSSR count). The smallest absolute Gasteiger partial charge is 0.410 e. The van der Waals surface area contributed by atoms with Crippen LogP contribution in [0.5, 0.6) is 0 Å². The normalized spacial score (nSPS) is 21.5. The van der Waals surface area contributed by atoms with Gasteiger partial charge in [0.2, 0.25) is 5.91 Å². The van der Waals surface area contributed by atoms with E-state index in [-0.39, 0.29) is 30.8 Å². The Bertz CT molecular complexity index is 447. The minimum atomic E-state index is -0.522. The second kappa shape index (κ2) is 8.14. The van der Waals surface area contributed by atoms with Crippen LogP contribution in [0.1, 0.15) is 47.5 Å². The number of amides is 3. The highest BCUT2D eigenvalue weighted by molar-refractivity contribution is 5.81. The molecule has 132 valence electrons. The minimum Gasteiger partial charge on any atom is -0.444 e. The van der Waals surface area contributed by atoms with E-state index in [1.54, 1.807) is 4.90 Å². The number of rotatable bonds is 3. The highest BCUT2D eigenvalue weighted by atomic mass is 16.6. The first-order chi connectivity index (χ1) is 10.6. The molecule has 0 spiro atoms. The molecule has 0 aromatic rings. The largest absolute Gasteiger partial charge is 0.444 e. The molecular formula is C15H27N3O5. The predicted molar refractivity (Wildman–Crippen MR) is 83.3 cm³/mol. The van der Waals surface area contributed by atoms with Gasteiger partial charge >= 0.3 is 6.09 Å². The number of ether oxygens (including phenoxy) is 2. The lowest BCUT2D eigenvalue weighted by Crippen LogP contribution is -2.49. The Kier molecular flexibility index (Phi) is 6.80. The van der Waals surface area contributed by atoms with E-state index in [9.17, 15) is 14.4 Å². The zero-order chi connectivity index (χ0) is 17.6. The standard InChI is InChI=1S/C15H27N3O5/c1-10-8-12(22-9-13(20)17-16-11(2)19)6-7-18(10)14(21)23-15(3,4)5/h10,12H,6-9H2,1-5H3,(H,16,19)(H,17,20)/t10-,12?/m0/s1. The molecule has 1 fully saturated rings. The SMILES string of the molecule is CC(=O)NNC(=O)COC1CCN(C(=O)OC(C)(C)C)[C@@H](C)C1. The first-order valence-corrected chi connectivity index (χ1v) is 7.75. The van der Waals surface area contributed by atoms with Crippen LogP contribution in [0.25, 0.3) is 0 Å². The minimum absolute atomic E-state index is 0.0259. The van der Waals surface area contributed by atoms with E-state index in [1.807, 2.05) is 27.7 Å². The Balaban J connectivity index is 2.36. The van der Waals surface area contributed by atoms with E-state index < -0.39 is 11.5 Å². The van der Waals surface area contributed by atoms with Gasteiger partial charge in [0.1, 0.15) is 12.2 Å². The summed E-state index contributed by atoms with van der Waals surface area (Å²) in [7, 11) is 0. The molecule has 0 saturated carbocycles. The highest BCUT2D eigenvalue weighted by Gasteiger charge is 2.32. The molecule has 1 unspecified atom stereocenters. The maximum absolute atomic E-state index is 12.1. The van der Waals surface area contributed by atoms with E-state index in [0.29, 0.717) is 19.4 Å². The summed E-state index contributed by atoms with van der Waals surface area (Å²) in [4.78, 5) is 35.9. The van der Waals surface area contributed by atoms with Gasteiger partial charge in [-0.2, -0.15) is 0 Å². The van der Waals surface area contributed by atoms with E-state index >= 15 is 0 Å².